The van der Waals surface area contributed by atoms with Crippen LogP contribution in [0.1, 0.15) is 22.9 Å². The molecule has 1 aromatic heterocycles. The Balaban J connectivity index is 1.83. The summed E-state index contributed by atoms with van der Waals surface area (Å²) >= 11 is 1.44. The van der Waals surface area contributed by atoms with Gasteiger partial charge >= 0.3 is 0 Å². The standard InChI is InChI=1S/C14H17N3O3S2/c1-11-15-16-14(21-11)10-20-12-6-2-3-7-13(12)22(18,19)17-8-4-5-9-17/h2-3,6-7H,4-5,8-10H2,1H3. The number of rotatable bonds is 5. The van der Waals surface area contributed by atoms with Crippen molar-refractivity contribution in [2.75, 3.05) is 13.1 Å². The van der Waals surface area contributed by atoms with Gasteiger partial charge in [-0.15, -0.1) is 10.2 Å². The summed E-state index contributed by atoms with van der Waals surface area (Å²) in [6.07, 6.45) is 1.82. The third kappa shape index (κ3) is 3.13. The highest BCUT2D eigenvalue weighted by atomic mass is 32.2. The molecule has 0 amide bonds. The molecule has 0 N–H and O–H groups in total. The first kappa shape index (κ1) is 15.4. The molecule has 0 saturated carbocycles. The van der Waals surface area contributed by atoms with Crippen LogP contribution in [-0.2, 0) is 16.6 Å². The quantitative estimate of drug-likeness (QED) is 0.835. The molecule has 22 heavy (non-hydrogen) atoms. The van der Waals surface area contributed by atoms with Crippen LogP contribution >= 0.6 is 11.3 Å². The maximum atomic E-state index is 12.7. The van der Waals surface area contributed by atoms with E-state index in [4.69, 9.17) is 4.74 Å². The highest BCUT2D eigenvalue weighted by molar-refractivity contribution is 7.89. The molecule has 1 aromatic carbocycles. The van der Waals surface area contributed by atoms with Crippen molar-refractivity contribution in [2.24, 2.45) is 0 Å². The van der Waals surface area contributed by atoms with Crippen molar-refractivity contribution in [3.05, 3.63) is 34.3 Å². The smallest absolute Gasteiger partial charge is 0.246 e. The Morgan fingerprint density at radius 2 is 1.95 bits per heavy atom. The summed E-state index contributed by atoms with van der Waals surface area (Å²) in [7, 11) is -3.49. The molecule has 0 radical (unpaired) electrons. The highest BCUT2D eigenvalue weighted by Crippen LogP contribution is 2.29. The molecule has 2 heterocycles. The molecule has 3 rings (SSSR count). The predicted molar refractivity (Wildman–Crippen MR) is 83.4 cm³/mol. The van der Waals surface area contributed by atoms with E-state index in [2.05, 4.69) is 10.2 Å². The van der Waals surface area contributed by atoms with Crippen LogP contribution in [0.4, 0.5) is 0 Å². The Bertz CT molecular complexity index is 752. The summed E-state index contributed by atoms with van der Waals surface area (Å²) in [4.78, 5) is 0.220. The summed E-state index contributed by atoms with van der Waals surface area (Å²) in [5.41, 5.74) is 0. The van der Waals surface area contributed by atoms with E-state index in [1.807, 2.05) is 6.92 Å². The van der Waals surface area contributed by atoms with Crippen molar-refractivity contribution in [2.45, 2.75) is 31.3 Å². The van der Waals surface area contributed by atoms with Crippen LogP contribution in [-0.4, -0.2) is 36.0 Å². The van der Waals surface area contributed by atoms with E-state index in [1.54, 1.807) is 24.3 Å². The SMILES string of the molecule is Cc1nnc(COc2ccccc2S(=O)(=O)N2CCCC2)s1. The van der Waals surface area contributed by atoms with E-state index < -0.39 is 10.0 Å². The predicted octanol–water partition coefficient (Wildman–Crippen LogP) is 2.21. The fourth-order valence-electron chi connectivity index (χ4n) is 2.39. The fourth-order valence-corrected chi connectivity index (χ4v) is 4.66. The van der Waals surface area contributed by atoms with E-state index in [0.29, 0.717) is 18.8 Å². The number of benzene rings is 1. The molecular weight excluding hydrogens is 322 g/mol. The number of para-hydroxylation sites is 1. The molecule has 0 aliphatic carbocycles. The van der Waals surface area contributed by atoms with E-state index in [9.17, 15) is 8.42 Å². The van der Waals surface area contributed by atoms with Gasteiger partial charge in [0.1, 0.15) is 22.3 Å². The van der Waals surface area contributed by atoms with Crippen LogP contribution in [0.5, 0.6) is 5.75 Å². The van der Waals surface area contributed by atoms with Crippen molar-refractivity contribution in [1.82, 2.24) is 14.5 Å². The lowest BCUT2D eigenvalue weighted by atomic mass is 10.3. The first-order valence-corrected chi connectivity index (χ1v) is 9.34. The summed E-state index contributed by atoms with van der Waals surface area (Å²) in [6, 6.07) is 6.75. The molecule has 1 saturated heterocycles. The number of aromatic nitrogens is 2. The second kappa shape index (κ2) is 6.31. The van der Waals surface area contributed by atoms with Gasteiger partial charge in [0.25, 0.3) is 0 Å². The van der Waals surface area contributed by atoms with Gasteiger partial charge in [-0.05, 0) is 31.9 Å². The second-order valence-electron chi connectivity index (χ2n) is 5.06. The van der Waals surface area contributed by atoms with Gasteiger partial charge in [-0.1, -0.05) is 23.5 Å². The van der Waals surface area contributed by atoms with E-state index in [0.717, 1.165) is 22.9 Å². The number of aryl methyl sites for hydroxylation is 1. The molecule has 0 atom stereocenters. The minimum absolute atomic E-state index is 0.220. The van der Waals surface area contributed by atoms with Gasteiger partial charge in [0.05, 0.1) is 0 Å². The maximum absolute atomic E-state index is 12.7. The Morgan fingerprint density at radius 1 is 1.23 bits per heavy atom. The topological polar surface area (TPSA) is 72.4 Å². The number of nitrogens with zero attached hydrogens (tertiary/aromatic N) is 3. The Kier molecular flexibility index (Phi) is 4.42. The number of ether oxygens (including phenoxy) is 1. The van der Waals surface area contributed by atoms with Gasteiger partial charge in [-0.3, -0.25) is 0 Å². The zero-order valence-electron chi connectivity index (χ0n) is 12.2. The zero-order valence-corrected chi connectivity index (χ0v) is 13.9. The van der Waals surface area contributed by atoms with Crippen LogP contribution in [0, 0.1) is 6.92 Å². The molecular formula is C14H17N3O3S2. The van der Waals surface area contributed by atoms with Crippen molar-refractivity contribution >= 4 is 21.4 Å². The lowest BCUT2D eigenvalue weighted by Gasteiger charge is -2.17. The third-order valence-electron chi connectivity index (χ3n) is 3.45. The van der Waals surface area contributed by atoms with Gasteiger partial charge < -0.3 is 4.74 Å². The average Bonchev–Trinajstić information content (AvgIpc) is 3.17. The molecule has 0 bridgehead atoms. The molecule has 0 unspecified atom stereocenters. The van der Waals surface area contributed by atoms with E-state index in [-0.39, 0.29) is 11.5 Å². The summed E-state index contributed by atoms with van der Waals surface area (Å²) < 4.78 is 32.6. The molecule has 1 fully saturated rings. The van der Waals surface area contributed by atoms with E-state index >= 15 is 0 Å². The molecule has 118 valence electrons. The van der Waals surface area contributed by atoms with Crippen LogP contribution in [0.3, 0.4) is 0 Å². The van der Waals surface area contributed by atoms with Gasteiger partial charge in [0, 0.05) is 13.1 Å². The number of hydrogen-bond donors (Lipinski definition) is 0. The molecule has 8 heteroatoms. The van der Waals surface area contributed by atoms with Crippen molar-refractivity contribution in [3.8, 4) is 5.75 Å². The summed E-state index contributed by atoms with van der Waals surface area (Å²) in [6.45, 7) is 3.24. The van der Waals surface area contributed by atoms with Gasteiger partial charge in [0.2, 0.25) is 10.0 Å². The molecule has 2 aromatic rings. The fraction of sp³-hybridized carbons (Fsp3) is 0.429. The summed E-state index contributed by atoms with van der Waals surface area (Å²) in [5.74, 6) is 0.363. The minimum Gasteiger partial charge on any atom is -0.485 e. The Hall–Kier alpha value is -1.51. The first-order valence-electron chi connectivity index (χ1n) is 7.08. The normalized spacial score (nSPS) is 16.0. The van der Waals surface area contributed by atoms with E-state index in [1.165, 1.54) is 15.6 Å². The van der Waals surface area contributed by atoms with Crippen LogP contribution in [0.15, 0.2) is 29.2 Å². The largest absolute Gasteiger partial charge is 0.485 e. The van der Waals surface area contributed by atoms with Crippen LogP contribution in [0.25, 0.3) is 0 Å². The summed E-state index contributed by atoms with van der Waals surface area (Å²) in [5, 5.41) is 9.49. The van der Waals surface area contributed by atoms with Gasteiger partial charge in [-0.25, -0.2) is 8.42 Å². The third-order valence-corrected chi connectivity index (χ3v) is 6.20. The number of sulfonamides is 1. The van der Waals surface area contributed by atoms with Crippen molar-refractivity contribution < 1.29 is 13.2 Å². The maximum Gasteiger partial charge on any atom is 0.246 e. The number of hydrogen-bond acceptors (Lipinski definition) is 6. The first-order chi connectivity index (χ1) is 10.6. The monoisotopic (exact) mass is 339 g/mol. The lowest BCUT2D eigenvalue weighted by Crippen LogP contribution is -2.28. The van der Waals surface area contributed by atoms with Crippen LogP contribution in [0.2, 0.25) is 0 Å². The Morgan fingerprint density at radius 3 is 2.64 bits per heavy atom. The average molecular weight is 339 g/mol. The minimum atomic E-state index is -3.49. The van der Waals surface area contributed by atoms with Gasteiger partial charge in [0.15, 0.2) is 5.01 Å². The lowest BCUT2D eigenvalue weighted by molar-refractivity contribution is 0.295. The molecule has 1 aliphatic heterocycles. The zero-order chi connectivity index (χ0) is 15.6. The van der Waals surface area contributed by atoms with Crippen molar-refractivity contribution in [1.29, 1.82) is 0 Å². The second-order valence-corrected chi connectivity index (χ2v) is 8.23. The van der Waals surface area contributed by atoms with Gasteiger partial charge in [-0.2, -0.15) is 4.31 Å². The molecule has 6 nitrogen and oxygen atoms in total. The Labute approximate surface area is 133 Å². The van der Waals surface area contributed by atoms with Crippen molar-refractivity contribution in [3.63, 3.8) is 0 Å². The highest BCUT2D eigenvalue weighted by Gasteiger charge is 2.29. The van der Waals surface area contributed by atoms with Crippen LogP contribution < -0.4 is 4.74 Å². The molecule has 1 aliphatic rings. The molecule has 0 spiro atoms.